The lowest BCUT2D eigenvalue weighted by Crippen LogP contribution is -2.42. The van der Waals surface area contributed by atoms with E-state index in [0.717, 1.165) is 69.7 Å². The van der Waals surface area contributed by atoms with Crippen LogP contribution in [0.15, 0.2) is 48.5 Å². The highest BCUT2D eigenvalue weighted by molar-refractivity contribution is 5.78. The summed E-state index contributed by atoms with van der Waals surface area (Å²) >= 11 is 0. The molecule has 162 valence electrons. The number of hydrogen-bond acceptors (Lipinski definition) is 3. The number of para-hydroxylation sites is 1. The molecule has 1 atom stereocenters. The highest BCUT2D eigenvalue weighted by Gasteiger charge is 2.25. The molecule has 1 aliphatic rings. The van der Waals surface area contributed by atoms with Crippen LogP contribution in [-0.4, -0.2) is 37.0 Å². The topological polar surface area (TPSA) is 41.6 Å². The van der Waals surface area contributed by atoms with Crippen LogP contribution in [0.1, 0.15) is 43.7 Å². The molecular weight excluding hydrogens is 379 g/mol. The highest BCUT2D eigenvalue weighted by Crippen LogP contribution is 2.21. The van der Waals surface area contributed by atoms with E-state index in [4.69, 9.17) is 4.74 Å². The Balaban J connectivity index is 1.41. The molecule has 0 spiro atoms. The van der Waals surface area contributed by atoms with Crippen molar-refractivity contribution in [1.82, 2.24) is 10.2 Å². The maximum atomic E-state index is 13.1. The molecule has 0 radical (unpaired) electrons. The maximum absolute atomic E-state index is 13.1. The number of carbonyl (C=O) groups excluding carboxylic acids is 1. The monoisotopic (exact) mass is 412 g/mol. The zero-order chi connectivity index (χ0) is 21.2. The van der Waals surface area contributed by atoms with E-state index in [9.17, 15) is 9.18 Å². The van der Waals surface area contributed by atoms with E-state index < -0.39 is 0 Å². The number of ether oxygens (including phenoxy) is 1. The summed E-state index contributed by atoms with van der Waals surface area (Å²) in [4.78, 5) is 14.9. The molecule has 3 rings (SSSR count). The minimum atomic E-state index is -0.214. The third-order valence-electron chi connectivity index (χ3n) is 5.55. The zero-order valence-corrected chi connectivity index (χ0v) is 17.9. The summed E-state index contributed by atoms with van der Waals surface area (Å²) in [7, 11) is 0. The fourth-order valence-electron chi connectivity index (χ4n) is 3.96. The van der Waals surface area contributed by atoms with E-state index in [-0.39, 0.29) is 17.6 Å². The van der Waals surface area contributed by atoms with E-state index >= 15 is 0 Å². The second kappa shape index (κ2) is 11.7. The molecule has 1 aliphatic heterocycles. The first kappa shape index (κ1) is 22.3. The molecule has 2 aromatic rings. The average molecular weight is 413 g/mol. The van der Waals surface area contributed by atoms with Gasteiger partial charge in [-0.05, 0) is 68.0 Å². The number of nitrogens with zero attached hydrogens (tertiary/aromatic N) is 1. The molecule has 2 aromatic carbocycles. The number of nitrogens with one attached hydrogen (secondary N) is 1. The summed E-state index contributed by atoms with van der Waals surface area (Å²) in [5.41, 5.74) is 2.28. The van der Waals surface area contributed by atoms with Gasteiger partial charge in [-0.25, -0.2) is 4.39 Å². The summed E-state index contributed by atoms with van der Waals surface area (Å²) in [6.45, 7) is 6.01. The number of piperidine rings is 1. The van der Waals surface area contributed by atoms with Gasteiger partial charge in [-0.15, -0.1) is 0 Å². The molecule has 4 nitrogen and oxygen atoms in total. The Labute approximate surface area is 179 Å². The Morgan fingerprint density at radius 1 is 1.20 bits per heavy atom. The third kappa shape index (κ3) is 6.84. The van der Waals surface area contributed by atoms with Crippen molar-refractivity contribution in [3.63, 3.8) is 0 Å². The summed E-state index contributed by atoms with van der Waals surface area (Å²) < 4.78 is 18.9. The minimum Gasteiger partial charge on any atom is -0.493 e. The number of benzene rings is 2. The first-order valence-electron chi connectivity index (χ1n) is 11.1. The summed E-state index contributed by atoms with van der Waals surface area (Å²) in [6.07, 6.45) is 4.72. The SMILES string of the molecule is CCCOc1ccccc1CCCNC(=O)[C@@H]1CCCN(Cc2ccc(F)cc2)C1. The highest BCUT2D eigenvalue weighted by atomic mass is 19.1. The molecule has 0 aromatic heterocycles. The Morgan fingerprint density at radius 3 is 2.80 bits per heavy atom. The van der Waals surface area contributed by atoms with Crippen molar-refractivity contribution < 1.29 is 13.9 Å². The Kier molecular flexibility index (Phi) is 8.69. The molecule has 1 heterocycles. The third-order valence-corrected chi connectivity index (χ3v) is 5.55. The van der Waals surface area contributed by atoms with Gasteiger partial charge in [0.1, 0.15) is 11.6 Å². The van der Waals surface area contributed by atoms with Crippen molar-refractivity contribution in [2.24, 2.45) is 5.92 Å². The number of carbonyl (C=O) groups is 1. The Hall–Kier alpha value is -2.40. The van der Waals surface area contributed by atoms with Crippen LogP contribution in [-0.2, 0) is 17.8 Å². The minimum absolute atomic E-state index is 0.0272. The molecule has 0 bridgehead atoms. The number of amides is 1. The van der Waals surface area contributed by atoms with Crippen molar-refractivity contribution in [3.05, 3.63) is 65.5 Å². The Morgan fingerprint density at radius 2 is 2.00 bits per heavy atom. The largest absolute Gasteiger partial charge is 0.493 e. The predicted molar refractivity (Wildman–Crippen MR) is 118 cm³/mol. The standard InChI is InChI=1S/C25H33FN2O2/c1-2-17-30-24-10-4-3-7-21(24)8-5-15-27-25(29)22-9-6-16-28(19-22)18-20-11-13-23(26)14-12-20/h3-4,7,10-14,22H,2,5-6,8-9,15-19H2,1H3,(H,27,29)/t22-/m1/s1. The second-order valence-corrected chi connectivity index (χ2v) is 8.05. The number of aryl methyl sites for hydroxylation is 1. The van der Waals surface area contributed by atoms with Gasteiger partial charge in [-0.2, -0.15) is 0 Å². The zero-order valence-electron chi connectivity index (χ0n) is 17.9. The maximum Gasteiger partial charge on any atom is 0.224 e. The molecule has 0 aliphatic carbocycles. The lowest BCUT2D eigenvalue weighted by atomic mass is 9.96. The van der Waals surface area contributed by atoms with Gasteiger partial charge in [0.25, 0.3) is 0 Å². The van der Waals surface area contributed by atoms with Crippen molar-refractivity contribution in [2.45, 2.75) is 45.6 Å². The second-order valence-electron chi connectivity index (χ2n) is 8.05. The first-order chi connectivity index (χ1) is 14.7. The van der Waals surface area contributed by atoms with E-state index in [1.165, 1.54) is 17.7 Å². The number of halogens is 1. The van der Waals surface area contributed by atoms with Crippen LogP contribution in [0.25, 0.3) is 0 Å². The van der Waals surface area contributed by atoms with Gasteiger partial charge in [-0.1, -0.05) is 37.3 Å². The Bertz CT molecular complexity index is 794. The molecule has 0 saturated carbocycles. The molecule has 5 heteroatoms. The molecular formula is C25H33FN2O2. The van der Waals surface area contributed by atoms with Crippen LogP contribution < -0.4 is 10.1 Å². The number of rotatable bonds is 10. The first-order valence-corrected chi connectivity index (χ1v) is 11.1. The molecule has 1 amide bonds. The normalized spacial score (nSPS) is 16.9. The van der Waals surface area contributed by atoms with Crippen molar-refractivity contribution in [1.29, 1.82) is 0 Å². The van der Waals surface area contributed by atoms with Crippen LogP contribution in [0, 0.1) is 11.7 Å². The lowest BCUT2D eigenvalue weighted by Gasteiger charge is -2.32. The van der Waals surface area contributed by atoms with Gasteiger partial charge in [0, 0.05) is 19.6 Å². The van der Waals surface area contributed by atoms with Gasteiger partial charge in [0.05, 0.1) is 12.5 Å². The van der Waals surface area contributed by atoms with Gasteiger partial charge < -0.3 is 10.1 Å². The summed E-state index contributed by atoms with van der Waals surface area (Å²) in [5.74, 6) is 0.914. The van der Waals surface area contributed by atoms with E-state index in [0.29, 0.717) is 6.54 Å². The van der Waals surface area contributed by atoms with Crippen molar-refractivity contribution in [2.75, 3.05) is 26.2 Å². The lowest BCUT2D eigenvalue weighted by molar-refractivity contribution is -0.126. The van der Waals surface area contributed by atoms with E-state index in [2.05, 4.69) is 23.2 Å². The van der Waals surface area contributed by atoms with Gasteiger partial charge in [0.2, 0.25) is 5.91 Å². The fraction of sp³-hybridized carbons (Fsp3) is 0.480. The smallest absolute Gasteiger partial charge is 0.224 e. The van der Waals surface area contributed by atoms with Crippen molar-refractivity contribution >= 4 is 5.91 Å². The molecule has 0 unspecified atom stereocenters. The molecule has 1 N–H and O–H groups in total. The van der Waals surface area contributed by atoms with Gasteiger partial charge in [0.15, 0.2) is 0 Å². The van der Waals surface area contributed by atoms with E-state index in [1.54, 1.807) is 0 Å². The fourth-order valence-corrected chi connectivity index (χ4v) is 3.96. The quantitative estimate of drug-likeness (QED) is 0.581. The van der Waals surface area contributed by atoms with Crippen LogP contribution in [0.5, 0.6) is 5.75 Å². The summed E-state index contributed by atoms with van der Waals surface area (Å²) in [6, 6.07) is 14.8. The predicted octanol–water partition coefficient (Wildman–Crippen LogP) is 4.58. The summed E-state index contributed by atoms with van der Waals surface area (Å²) in [5, 5.41) is 3.12. The average Bonchev–Trinajstić information content (AvgIpc) is 2.77. The van der Waals surface area contributed by atoms with E-state index in [1.807, 2.05) is 30.3 Å². The molecule has 1 saturated heterocycles. The van der Waals surface area contributed by atoms with Crippen LogP contribution >= 0.6 is 0 Å². The van der Waals surface area contributed by atoms with Crippen molar-refractivity contribution in [3.8, 4) is 5.75 Å². The van der Waals surface area contributed by atoms with Gasteiger partial charge in [-0.3, -0.25) is 9.69 Å². The van der Waals surface area contributed by atoms with Crippen LogP contribution in [0.4, 0.5) is 4.39 Å². The number of hydrogen-bond donors (Lipinski definition) is 1. The van der Waals surface area contributed by atoms with Crippen LogP contribution in [0.3, 0.4) is 0 Å². The van der Waals surface area contributed by atoms with Crippen LogP contribution in [0.2, 0.25) is 0 Å². The number of likely N-dealkylation sites (tertiary alicyclic amines) is 1. The van der Waals surface area contributed by atoms with Gasteiger partial charge >= 0.3 is 0 Å². The molecule has 1 fully saturated rings. The molecule has 30 heavy (non-hydrogen) atoms.